The van der Waals surface area contributed by atoms with Crippen molar-refractivity contribution in [2.75, 3.05) is 5.75 Å². The minimum Gasteiger partial charge on any atom is -0.481 e. The average molecular weight is 243 g/mol. The van der Waals surface area contributed by atoms with E-state index in [0.29, 0.717) is 0 Å². The summed E-state index contributed by atoms with van der Waals surface area (Å²) in [5.41, 5.74) is 1.09. The minimum atomic E-state index is -0.742. The summed E-state index contributed by atoms with van der Waals surface area (Å²) >= 11 is 7.70. The van der Waals surface area contributed by atoms with E-state index in [0.717, 1.165) is 21.2 Å². The summed E-state index contributed by atoms with van der Waals surface area (Å²) in [6, 6.07) is 5.71. The van der Waals surface area contributed by atoms with E-state index in [1.54, 1.807) is 18.7 Å². The summed E-state index contributed by atoms with van der Waals surface area (Å²) in [6.07, 6.45) is 0. The van der Waals surface area contributed by atoms with Crippen molar-refractivity contribution in [3.8, 4) is 0 Å². The van der Waals surface area contributed by atoms with Crippen LogP contribution >= 0.6 is 23.4 Å². The van der Waals surface area contributed by atoms with Gasteiger partial charge in [-0.2, -0.15) is 0 Å². The number of aliphatic carboxylic acids is 1. The molecular weight excluding hydrogens is 232 g/mol. The summed E-state index contributed by atoms with van der Waals surface area (Å²) in [4.78, 5) is 12.0. The number of hydrogen-bond donors (Lipinski definition) is 1. The monoisotopic (exact) mass is 242 g/mol. The fourth-order valence-corrected chi connectivity index (χ4v) is 3.57. The molecule has 1 heterocycles. The summed E-state index contributed by atoms with van der Waals surface area (Å²) in [5.74, 6) is -0.196. The van der Waals surface area contributed by atoms with Gasteiger partial charge in [-0.25, -0.2) is 0 Å². The molecule has 15 heavy (non-hydrogen) atoms. The van der Waals surface area contributed by atoms with Gasteiger partial charge < -0.3 is 5.11 Å². The van der Waals surface area contributed by atoms with Gasteiger partial charge in [0.25, 0.3) is 0 Å². The number of hydrogen-bond acceptors (Lipinski definition) is 2. The quantitative estimate of drug-likeness (QED) is 0.865. The van der Waals surface area contributed by atoms with Crippen LogP contribution < -0.4 is 0 Å². The maximum atomic E-state index is 10.9. The lowest BCUT2D eigenvalue weighted by Crippen LogP contribution is -2.18. The molecule has 1 N–H and O–H groups in total. The number of halogens is 1. The van der Waals surface area contributed by atoms with Gasteiger partial charge in [0.1, 0.15) is 0 Å². The highest BCUT2D eigenvalue weighted by atomic mass is 35.5. The van der Waals surface area contributed by atoms with Crippen LogP contribution in [0.5, 0.6) is 0 Å². The van der Waals surface area contributed by atoms with E-state index in [4.69, 9.17) is 16.7 Å². The molecule has 1 aliphatic heterocycles. The van der Waals surface area contributed by atoms with Crippen molar-refractivity contribution in [3.63, 3.8) is 0 Å². The molecule has 0 fully saturated rings. The van der Waals surface area contributed by atoms with Crippen molar-refractivity contribution in [2.45, 2.75) is 17.7 Å². The number of benzene rings is 1. The number of carboxylic acids is 1. The second kappa shape index (κ2) is 4.06. The van der Waals surface area contributed by atoms with Crippen LogP contribution in [-0.4, -0.2) is 16.8 Å². The molecule has 2 atom stereocenters. The maximum absolute atomic E-state index is 10.9. The smallest absolute Gasteiger partial charge is 0.306 e. The van der Waals surface area contributed by atoms with Gasteiger partial charge in [0, 0.05) is 16.6 Å². The average Bonchev–Trinajstić information content (AvgIpc) is 2.61. The Morgan fingerprint density at radius 3 is 3.07 bits per heavy atom. The third kappa shape index (κ3) is 1.86. The molecule has 1 aromatic rings. The molecule has 0 aromatic heterocycles. The lowest BCUT2D eigenvalue weighted by molar-refractivity contribution is -0.141. The van der Waals surface area contributed by atoms with Crippen LogP contribution in [0.25, 0.3) is 0 Å². The molecule has 2 rings (SSSR count). The van der Waals surface area contributed by atoms with E-state index in [9.17, 15) is 4.79 Å². The molecule has 0 bridgehead atoms. The Balaban J connectivity index is 2.37. The number of thioether (sulfide) groups is 1. The fraction of sp³-hybridized carbons (Fsp3) is 0.364. The van der Waals surface area contributed by atoms with E-state index in [1.807, 2.05) is 18.2 Å². The highest BCUT2D eigenvalue weighted by Gasteiger charge is 2.32. The van der Waals surface area contributed by atoms with Crippen LogP contribution in [0.1, 0.15) is 18.4 Å². The molecule has 0 radical (unpaired) electrons. The van der Waals surface area contributed by atoms with E-state index in [-0.39, 0.29) is 11.8 Å². The molecule has 80 valence electrons. The van der Waals surface area contributed by atoms with E-state index >= 15 is 0 Å². The third-order valence-corrected chi connectivity index (χ3v) is 4.49. The number of carbonyl (C=O) groups is 1. The Morgan fingerprint density at radius 1 is 1.67 bits per heavy atom. The summed E-state index contributed by atoms with van der Waals surface area (Å²) in [6.45, 7) is 1.75. The first-order valence-corrected chi connectivity index (χ1v) is 6.11. The van der Waals surface area contributed by atoms with Crippen molar-refractivity contribution < 1.29 is 9.90 Å². The van der Waals surface area contributed by atoms with E-state index in [2.05, 4.69) is 0 Å². The zero-order valence-electron chi connectivity index (χ0n) is 8.24. The topological polar surface area (TPSA) is 37.3 Å². The van der Waals surface area contributed by atoms with Gasteiger partial charge in [-0.05, 0) is 11.6 Å². The molecule has 0 saturated heterocycles. The molecular formula is C11H11ClO2S. The van der Waals surface area contributed by atoms with Gasteiger partial charge in [0.15, 0.2) is 0 Å². The Bertz CT molecular complexity index is 406. The fourth-order valence-electron chi connectivity index (χ4n) is 1.82. The molecule has 0 saturated carbocycles. The second-order valence-electron chi connectivity index (χ2n) is 3.70. The van der Waals surface area contributed by atoms with E-state index in [1.165, 1.54) is 0 Å². The van der Waals surface area contributed by atoms with Crippen LogP contribution in [-0.2, 0) is 4.79 Å². The Kier molecular flexibility index (Phi) is 2.94. The largest absolute Gasteiger partial charge is 0.481 e. The van der Waals surface area contributed by atoms with Gasteiger partial charge >= 0.3 is 5.97 Å². The van der Waals surface area contributed by atoms with Crippen molar-refractivity contribution in [3.05, 3.63) is 28.8 Å². The summed E-state index contributed by atoms with van der Waals surface area (Å²) in [5, 5.41) is 9.73. The predicted molar refractivity (Wildman–Crippen MR) is 61.7 cm³/mol. The standard InChI is InChI=1S/C11H11ClO2S/c1-6(11(13)14)8-5-15-10-7(8)3-2-4-9(10)12/h2-4,6,8H,5H2,1H3,(H,13,14). The maximum Gasteiger partial charge on any atom is 0.306 e. The van der Waals surface area contributed by atoms with Crippen molar-refractivity contribution >= 4 is 29.3 Å². The highest BCUT2D eigenvalue weighted by Crippen LogP contribution is 2.46. The van der Waals surface area contributed by atoms with Crippen LogP contribution in [0.2, 0.25) is 5.02 Å². The molecule has 4 heteroatoms. The summed E-state index contributed by atoms with van der Waals surface area (Å²) in [7, 11) is 0. The van der Waals surface area contributed by atoms with E-state index < -0.39 is 5.97 Å². The highest BCUT2D eigenvalue weighted by molar-refractivity contribution is 7.99. The molecule has 1 aliphatic rings. The molecule has 0 aliphatic carbocycles. The van der Waals surface area contributed by atoms with Crippen LogP contribution in [0.4, 0.5) is 0 Å². The lowest BCUT2D eigenvalue weighted by Gasteiger charge is -2.15. The second-order valence-corrected chi connectivity index (χ2v) is 5.14. The number of carboxylic acid groups (broad SMARTS) is 1. The van der Waals surface area contributed by atoms with Gasteiger partial charge in [-0.15, -0.1) is 11.8 Å². The van der Waals surface area contributed by atoms with Crippen molar-refractivity contribution in [1.29, 1.82) is 0 Å². The predicted octanol–water partition coefficient (Wildman–Crippen LogP) is 3.25. The first kappa shape index (κ1) is 10.8. The molecule has 2 nitrogen and oxygen atoms in total. The normalized spacial score (nSPS) is 21.1. The van der Waals surface area contributed by atoms with Crippen LogP contribution in [0, 0.1) is 5.92 Å². The number of fused-ring (bicyclic) bond motifs is 1. The Labute approximate surface area is 97.6 Å². The zero-order chi connectivity index (χ0) is 11.0. The molecule has 0 spiro atoms. The number of rotatable bonds is 2. The Morgan fingerprint density at radius 2 is 2.40 bits per heavy atom. The molecule has 1 aromatic carbocycles. The van der Waals surface area contributed by atoms with Crippen molar-refractivity contribution in [1.82, 2.24) is 0 Å². The van der Waals surface area contributed by atoms with Gasteiger partial charge in [-0.1, -0.05) is 30.7 Å². The third-order valence-electron chi connectivity index (χ3n) is 2.80. The van der Waals surface area contributed by atoms with Crippen LogP contribution in [0.15, 0.2) is 23.1 Å². The van der Waals surface area contributed by atoms with Crippen molar-refractivity contribution in [2.24, 2.45) is 5.92 Å². The summed E-state index contributed by atoms with van der Waals surface area (Å²) < 4.78 is 0. The molecule has 0 amide bonds. The minimum absolute atomic E-state index is 0.0844. The van der Waals surface area contributed by atoms with Gasteiger partial charge in [0.05, 0.1) is 10.9 Å². The SMILES string of the molecule is CC(C(=O)O)C1CSc2c(Cl)cccc21. The lowest BCUT2D eigenvalue weighted by atomic mass is 9.89. The van der Waals surface area contributed by atoms with Crippen LogP contribution in [0.3, 0.4) is 0 Å². The first-order valence-electron chi connectivity index (χ1n) is 4.75. The first-order chi connectivity index (χ1) is 7.11. The van der Waals surface area contributed by atoms with Gasteiger partial charge in [-0.3, -0.25) is 4.79 Å². The van der Waals surface area contributed by atoms with Gasteiger partial charge in [0.2, 0.25) is 0 Å². The molecule has 2 unspecified atom stereocenters. The zero-order valence-corrected chi connectivity index (χ0v) is 9.81. The Hall–Kier alpha value is -0.670.